The number of rotatable bonds is 0. The molecule has 1 aliphatic rings. The second-order valence-electron chi connectivity index (χ2n) is 2.44. The van der Waals surface area contributed by atoms with Crippen LogP contribution in [0.1, 0.15) is 25.8 Å². The summed E-state index contributed by atoms with van der Waals surface area (Å²) in [6, 6.07) is 2.02. The zero-order valence-corrected chi connectivity index (χ0v) is 7.67. The first-order valence-corrected chi connectivity index (χ1v) is 4.51. The van der Waals surface area contributed by atoms with Crippen molar-refractivity contribution < 1.29 is 0 Å². The fraction of sp³-hybridized carbons (Fsp3) is 0.556. The maximum absolute atomic E-state index is 3.96. The number of nitrogens with one attached hydrogen (secondary N) is 1. The van der Waals surface area contributed by atoms with E-state index in [9.17, 15) is 0 Å². The zero-order chi connectivity index (χ0) is 8.81. The van der Waals surface area contributed by atoms with Crippen LogP contribution in [0.2, 0.25) is 0 Å². The van der Waals surface area contributed by atoms with Crippen molar-refractivity contribution in [1.29, 1.82) is 0 Å². The number of hydrogen-bond donors (Lipinski definition) is 1. The molecule has 0 fully saturated rings. The van der Waals surface area contributed by atoms with Gasteiger partial charge in [-0.05, 0) is 24.5 Å². The van der Waals surface area contributed by atoms with Crippen molar-refractivity contribution in [2.45, 2.75) is 26.7 Å². The van der Waals surface area contributed by atoms with Crippen LogP contribution in [0.4, 0.5) is 5.82 Å². The van der Waals surface area contributed by atoms with Gasteiger partial charge in [-0.1, -0.05) is 13.8 Å². The van der Waals surface area contributed by atoms with Crippen molar-refractivity contribution in [3.63, 3.8) is 0 Å². The Balaban J connectivity index is 0.000000336. The van der Waals surface area contributed by atoms with E-state index in [1.54, 1.807) is 6.20 Å². The van der Waals surface area contributed by atoms with E-state index >= 15 is 0 Å². The molecule has 3 nitrogen and oxygen atoms in total. The molecular weight excluding hydrogens is 150 g/mol. The van der Waals surface area contributed by atoms with Crippen molar-refractivity contribution >= 4 is 5.82 Å². The summed E-state index contributed by atoms with van der Waals surface area (Å²) in [5.74, 6) is 0.966. The molecule has 0 spiro atoms. The van der Waals surface area contributed by atoms with Crippen molar-refractivity contribution in [3.05, 3.63) is 17.8 Å². The molecule has 2 rings (SSSR count). The van der Waals surface area contributed by atoms with Crippen LogP contribution in [-0.4, -0.2) is 16.7 Å². The first kappa shape index (κ1) is 8.97. The van der Waals surface area contributed by atoms with Crippen LogP contribution in [-0.2, 0) is 6.42 Å². The van der Waals surface area contributed by atoms with Gasteiger partial charge in [0.05, 0.1) is 6.20 Å². The summed E-state index contributed by atoms with van der Waals surface area (Å²) in [6.45, 7) is 5.03. The molecule has 0 amide bonds. The minimum atomic E-state index is 0.966. The number of aryl methyl sites for hydroxylation is 1. The van der Waals surface area contributed by atoms with Gasteiger partial charge in [0.15, 0.2) is 5.82 Å². The molecular formula is C9H15N3. The Kier molecular flexibility index (Phi) is 3.51. The quantitative estimate of drug-likeness (QED) is 0.637. The van der Waals surface area contributed by atoms with E-state index in [2.05, 4.69) is 15.5 Å². The molecule has 66 valence electrons. The summed E-state index contributed by atoms with van der Waals surface area (Å²) in [4.78, 5) is 0. The van der Waals surface area contributed by atoms with Crippen LogP contribution in [0.25, 0.3) is 0 Å². The SMILES string of the molecule is CC.c1cc2c(nn1)NCCC2. The molecule has 0 aliphatic carbocycles. The highest BCUT2D eigenvalue weighted by Gasteiger charge is 2.07. The molecule has 3 heteroatoms. The van der Waals surface area contributed by atoms with Crippen LogP contribution >= 0.6 is 0 Å². The van der Waals surface area contributed by atoms with E-state index in [0.29, 0.717) is 0 Å². The molecule has 2 heterocycles. The molecule has 1 aliphatic heterocycles. The van der Waals surface area contributed by atoms with Gasteiger partial charge in [0, 0.05) is 6.54 Å². The normalized spacial score (nSPS) is 13.5. The van der Waals surface area contributed by atoms with Crippen LogP contribution in [0.15, 0.2) is 12.3 Å². The number of hydrogen-bond acceptors (Lipinski definition) is 3. The van der Waals surface area contributed by atoms with E-state index in [-0.39, 0.29) is 0 Å². The number of aromatic nitrogens is 2. The standard InChI is InChI=1S/C7H9N3.C2H6/c1-2-6-3-5-9-10-7(6)8-4-1;1-2/h3,5H,1-2,4H2,(H,8,10);1-2H3. The Bertz CT molecular complexity index is 210. The monoisotopic (exact) mass is 165 g/mol. The predicted molar refractivity (Wildman–Crippen MR) is 50.2 cm³/mol. The Morgan fingerprint density at radius 1 is 1.42 bits per heavy atom. The average molecular weight is 165 g/mol. The number of anilines is 1. The second-order valence-corrected chi connectivity index (χ2v) is 2.44. The van der Waals surface area contributed by atoms with E-state index < -0.39 is 0 Å². The second kappa shape index (κ2) is 4.70. The van der Waals surface area contributed by atoms with Crippen LogP contribution in [0.5, 0.6) is 0 Å². The van der Waals surface area contributed by atoms with Gasteiger partial charge in [-0.25, -0.2) is 0 Å². The van der Waals surface area contributed by atoms with Crippen molar-refractivity contribution in [2.75, 3.05) is 11.9 Å². The molecule has 1 aromatic rings. The smallest absolute Gasteiger partial charge is 0.151 e. The largest absolute Gasteiger partial charge is 0.368 e. The van der Waals surface area contributed by atoms with Gasteiger partial charge < -0.3 is 5.32 Å². The summed E-state index contributed by atoms with van der Waals surface area (Å²) in [5, 5.41) is 10.9. The molecule has 0 saturated carbocycles. The highest BCUT2D eigenvalue weighted by Crippen LogP contribution is 2.16. The molecule has 0 unspecified atom stereocenters. The molecule has 0 saturated heterocycles. The molecule has 0 bridgehead atoms. The Morgan fingerprint density at radius 3 is 3.00 bits per heavy atom. The predicted octanol–water partition coefficient (Wildman–Crippen LogP) is 1.86. The van der Waals surface area contributed by atoms with E-state index in [4.69, 9.17) is 0 Å². The van der Waals surface area contributed by atoms with Gasteiger partial charge in [-0.3, -0.25) is 0 Å². The summed E-state index contributed by atoms with van der Waals surface area (Å²) >= 11 is 0. The Morgan fingerprint density at radius 2 is 2.25 bits per heavy atom. The lowest BCUT2D eigenvalue weighted by molar-refractivity contribution is 0.801. The van der Waals surface area contributed by atoms with Gasteiger partial charge >= 0.3 is 0 Å². The van der Waals surface area contributed by atoms with Crippen LogP contribution in [0.3, 0.4) is 0 Å². The van der Waals surface area contributed by atoms with Crippen molar-refractivity contribution in [1.82, 2.24) is 10.2 Å². The van der Waals surface area contributed by atoms with Gasteiger partial charge in [-0.2, -0.15) is 5.10 Å². The highest BCUT2D eigenvalue weighted by atomic mass is 15.2. The molecule has 0 aromatic carbocycles. The van der Waals surface area contributed by atoms with Gasteiger partial charge in [0.1, 0.15) is 0 Å². The van der Waals surface area contributed by atoms with Crippen LogP contribution in [0, 0.1) is 0 Å². The summed E-state index contributed by atoms with van der Waals surface area (Å²) in [6.07, 6.45) is 4.09. The third kappa shape index (κ3) is 1.94. The third-order valence-corrected chi connectivity index (χ3v) is 1.72. The Hall–Kier alpha value is -1.12. The summed E-state index contributed by atoms with van der Waals surface area (Å²) < 4.78 is 0. The number of fused-ring (bicyclic) bond motifs is 1. The molecule has 1 N–H and O–H groups in total. The third-order valence-electron chi connectivity index (χ3n) is 1.72. The van der Waals surface area contributed by atoms with Crippen molar-refractivity contribution in [3.8, 4) is 0 Å². The fourth-order valence-electron chi connectivity index (χ4n) is 1.19. The molecule has 1 aromatic heterocycles. The lowest BCUT2D eigenvalue weighted by Gasteiger charge is -2.14. The van der Waals surface area contributed by atoms with Gasteiger partial charge in [-0.15, -0.1) is 5.10 Å². The first-order chi connectivity index (χ1) is 5.97. The molecule has 0 radical (unpaired) electrons. The molecule has 0 atom stereocenters. The minimum Gasteiger partial charge on any atom is -0.368 e. The van der Waals surface area contributed by atoms with Gasteiger partial charge in [0.25, 0.3) is 0 Å². The average Bonchev–Trinajstić information content (AvgIpc) is 2.21. The molecule has 12 heavy (non-hydrogen) atoms. The Labute approximate surface area is 73.2 Å². The first-order valence-electron chi connectivity index (χ1n) is 4.51. The highest BCUT2D eigenvalue weighted by molar-refractivity contribution is 5.44. The van der Waals surface area contributed by atoms with E-state index in [1.807, 2.05) is 19.9 Å². The zero-order valence-electron chi connectivity index (χ0n) is 7.67. The topological polar surface area (TPSA) is 37.8 Å². The van der Waals surface area contributed by atoms with E-state index in [0.717, 1.165) is 18.8 Å². The van der Waals surface area contributed by atoms with Crippen LogP contribution < -0.4 is 5.32 Å². The minimum absolute atomic E-state index is 0.966. The van der Waals surface area contributed by atoms with Crippen molar-refractivity contribution in [2.24, 2.45) is 0 Å². The lowest BCUT2D eigenvalue weighted by atomic mass is 10.1. The lowest BCUT2D eigenvalue weighted by Crippen LogP contribution is -2.13. The number of nitrogens with zero attached hydrogens (tertiary/aromatic N) is 2. The maximum atomic E-state index is 3.96. The summed E-state index contributed by atoms with van der Waals surface area (Å²) in [7, 11) is 0. The summed E-state index contributed by atoms with van der Waals surface area (Å²) in [5.41, 5.74) is 1.29. The fourth-order valence-corrected chi connectivity index (χ4v) is 1.19. The van der Waals surface area contributed by atoms with Gasteiger partial charge in [0.2, 0.25) is 0 Å². The maximum Gasteiger partial charge on any atom is 0.151 e. The van der Waals surface area contributed by atoms with E-state index in [1.165, 1.54) is 12.0 Å².